The number of nitrogens with one attached hydrogen (secondary N) is 1. The summed E-state index contributed by atoms with van der Waals surface area (Å²) in [5.41, 5.74) is 6.07. The summed E-state index contributed by atoms with van der Waals surface area (Å²) < 4.78 is 0. The third-order valence-electron chi connectivity index (χ3n) is 3.38. The van der Waals surface area contributed by atoms with Gasteiger partial charge in [-0.3, -0.25) is 4.90 Å². The van der Waals surface area contributed by atoms with Gasteiger partial charge in [-0.15, -0.1) is 0 Å². The minimum atomic E-state index is -1.03. The first kappa shape index (κ1) is 13.6. The van der Waals surface area contributed by atoms with E-state index in [1.165, 1.54) is 25.1 Å². The number of pyridine rings is 1. The van der Waals surface area contributed by atoms with Crippen LogP contribution in [-0.4, -0.2) is 46.6 Å². The summed E-state index contributed by atoms with van der Waals surface area (Å²) in [5, 5.41) is 12.1. The van der Waals surface area contributed by atoms with Gasteiger partial charge in [0, 0.05) is 25.3 Å². The summed E-state index contributed by atoms with van der Waals surface area (Å²) >= 11 is 0. The van der Waals surface area contributed by atoms with E-state index in [9.17, 15) is 4.79 Å². The van der Waals surface area contributed by atoms with Crippen molar-refractivity contribution in [3.8, 4) is 0 Å². The molecule has 1 aromatic heterocycles. The molecule has 0 unspecified atom stereocenters. The molecule has 1 fully saturated rings. The average Bonchev–Trinajstić information content (AvgIpc) is 3.20. The van der Waals surface area contributed by atoms with Crippen molar-refractivity contribution in [2.24, 2.45) is 0 Å². The first-order valence-electron chi connectivity index (χ1n) is 6.59. The van der Waals surface area contributed by atoms with Gasteiger partial charge in [-0.1, -0.05) is 6.92 Å². The van der Waals surface area contributed by atoms with Crippen molar-refractivity contribution in [2.45, 2.75) is 25.8 Å². The third kappa shape index (κ3) is 3.35. The van der Waals surface area contributed by atoms with Gasteiger partial charge in [0.05, 0.1) is 11.3 Å². The second-order valence-electron chi connectivity index (χ2n) is 4.71. The van der Waals surface area contributed by atoms with E-state index >= 15 is 0 Å². The normalized spacial score (nSPS) is 14.6. The lowest BCUT2D eigenvalue weighted by Gasteiger charge is -2.20. The van der Waals surface area contributed by atoms with Crippen LogP contribution in [0.4, 0.5) is 11.5 Å². The highest BCUT2D eigenvalue weighted by molar-refractivity contribution is 5.96. The monoisotopic (exact) mass is 264 g/mol. The lowest BCUT2D eigenvalue weighted by molar-refractivity contribution is 0.0698. The van der Waals surface area contributed by atoms with Crippen LogP contribution in [0.3, 0.4) is 0 Å². The van der Waals surface area contributed by atoms with Gasteiger partial charge >= 0.3 is 5.97 Å². The maximum absolute atomic E-state index is 11.0. The first-order valence-corrected chi connectivity index (χ1v) is 6.59. The number of nitrogens with two attached hydrogens (primary N) is 1. The average molecular weight is 264 g/mol. The maximum Gasteiger partial charge on any atom is 0.337 e. The van der Waals surface area contributed by atoms with Crippen molar-refractivity contribution in [3.05, 3.63) is 17.8 Å². The number of anilines is 2. The summed E-state index contributed by atoms with van der Waals surface area (Å²) in [6, 6.07) is 2.13. The van der Waals surface area contributed by atoms with Crippen molar-refractivity contribution < 1.29 is 9.90 Å². The standard InChI is InChI=1S/C13H20N4O2/c1-2-17(9-3-4-9)8-7-16-12-11(14)10(13(18)19)5-6-15-12/h5-6,9H,2-4,7-8,14H2,1H3,(H,15,16)(H,18,19). The van der Waals surface area contributed by atoms with Crippen molar-refractivity contribution in [2.75, 3.05) is 30.7 Å². The zero-order valence-corrected chi connectivity index (χ0v) is 11.1. The van der Waals surface area contributed by atoms with Crippen LogP contribution in [0.1, 0.15) is 30.1 Å². The molecule has 0 aromatic carbocycles. The second-order valence-corrected chi connectivity index (χ2v) is 4.71. The molecule has 4 N–H and O–H groups in total. The lowest BCUT2D eigenvalue weighted by Crippen LogP contribution is -2.31. The molecule has 1 saturated carbocycles. The number of hydrogen-bond donors (Lipinski definition) is 3. The van der Waals surface area contributed by atoms with Crippen LogP contribution in [0.5, 0.6) is 0 Å². The molecule has 0 saturated heterocycles. The van der Waals surface area contributed by atoms with Crippen LogP contribution >= 0.6 is 0 Å². The van der Waals surface area contributed by atoms with Gasteiger partial charge in [0.1, 0.15) is 5.82 Å². The molecule has 19 heavy (non-hydrogen) atoms. The minimum absolute atomic E-state index is 0.0899. The highest BCUT2D eigenvalue weighted by Crippen LogP contribution is 2.26. The number of nitrogen functional groups attached to an aromatic ring is 1. The van der Waals surface area contributed by atoms with Crippen LogP contribution in [0.25, 0.3) is 0 Å². The maximum atomic E-state index is 11.0. The molecule has 0 aliphatic heterocycles. The molecule has 0 bridgehead atoms. The Morgan fingerprint density at radius 3 is 2.95 bits per heavy atom. The number of carboxylic acid groups (broad SMARTS) is 1. The SMILES string of the molecule is CCN(CCNc1nccc(C(=O)O)c1N)C1CC1. The fraction of sp³-hybridized carbons (Fsp3) is 0.538. The molecule has 1 aromatic rings. The Balaban J connectivity index is 1.92. The predicted octanol–water partition coefficient (Wildman–Crippen LogP) is 1.26. The number of carboxylic acids is 1. The zero-order valence-electron chi connectivity index (χ0n) is 11.1. The number of hydrogen-bond acceptors (Lipinski definition) is 5. The van der Waals surface area contributed by atoms with Crippen molar-refractivity contribution in [1.29, 1.82) is 0 Å². The summed E-state index contributed by atoms with van der Waals surface area (Å²) in [5.74, 6) is -0.581. The van der Waals surface area contributed by atoms with Crippen LogP contribution in [-0.2, 0) is 0 Å². The Bertz CT molecular complexity index is 460. The molecule has 1 aliphatic carbocycles. The van der Waals surface area contributed by atoms with Gasteiger partial charge in [0.25, 0.3) is 0 Å². The Morgan fingerprint density at radius 1 is 1.63 bits per heavy atom. The number of nitrogens with zero attached hydrogens (tertiary/aromatic N) is 2. The minimum Gasteiger partial charge on any atom is -0.478 e. The summed E-state index contributed by atoms with van der Waals surface area (Å²) in [6.45, 7) is 4.81. The molecule has 0 atom stereocenters. The predicted molar refractivity (Wildman–Crippen MR) is 74.4 cm³/mol. The highest BCUT2D eigenvalue weighted by Gasteiger charge is 2.27. The van der Waals surface area contributed by atoms with Crippen LogP contribution in [0.15, 0.2) is 12.3 Å². The van der Waals surface area contributed by atoms with E-state index in [0.29, 0.717) is 12.4 Å². The Labute approximate surface area is 112 Å². The van der Waals surface area contributed by atoms with Gasteiger partial charge in [-0.25, -0.2) is 9.78 Å². The molecule has 1 aliphatic rings. The van der Waals surface area contributed by atoms with E-state index in [-0.39, 0.29) is 11.3 Å². The Morgan fingerprint density at radius 2 is 2.37 bits per heavy atom. The molecule has 2 rings (SSSR count). The molecule has 0 amide bonds. The van der Waals surface area contributed by atoms with Crippen LogP contribution in [0, 0.1) is 0 Å². The van der Waals surface area contributed by atoms with Gasteiger partial charge in [0.15, 0.2) is 0 Å². The fourth-order valence-electron chi connectivity index (χ4n) is 2.16. The quantitative estimate of drug-likeness (QED) is 0.686. The molecule has 0 spiro atoms. The molecule has 6 nitrogen and oxygen atoms in total. The molecule has 1 heterocycles. The first-order chi connectivity index (χ1) is 9.13. The number of likely N-dealkylation sites (N-methyl/N-ethyl adjacent to an activating group) is 1. The third-order valence-corrected chi connectivity index (χ3v) is 3.38. The van der Waals surface area contributed by atoms with E-state index < -0.39 is 5.97 Å². The zero-order chi connectivity index (χ0) is 13.8. The largest absolute Gasteiger partial charge is 0.478 e. The molecular formula is C13H20N4O2. The topological polar surface area (TPSA) is 91.5 Å². The number of aromatic carboxylic acids is 1. The van der Waals surface area contributed by atoms with Gasteiger partial charge in [-0.2, -0.15) is 0 Å². The molecule has 0 radical (unpaired) electrons. The van der Waals surface area contributed by atoms with E-state index in [1.54, 1.807) is 0 Å². The van der Waals surface area contributed by atoms with E-state index in [0.717, 1.165) is 19.1 Å². The van der Waals surface area contributed by atoms with Crippen LogP contribution in [0.2, 0.25) is 0 Å². The molecule has 104 valence electrons. The Kier molecular flexibility index (Phi) is 4.21. The fourth-order valence-corrected chi connectivity index (χ4v) is 2.16. The summed E-state index contributed by atoms with van der Waals surface area (Å²) in [6.07, 6.45) is 4.02. The lowest BCUT2D eigenvalue weighted by atomic mass is 10.2. The van der Waals surface area contributed by atoms with E-state index in [1.807, 2.05) is 0 Å². The number of carbonyl (C=O) groups is 1. The number of rotatable bonds is 7. The second kappa shape index (κ2) is 5.88. The Hall–Kier alpha value is -1.82. The highest BCUT2D eigenvalue weighted by atomic mass is 16.4. The van der Waals surface area contributed by atoms with Gasteiger partial charge < -0.3 is 16.2 Å². The van der Waals surface area contributed by atoms with Crippen molar-refractivity contribution >= 4 is 17.5 Å². The number of aromatic nitrogens is 1. The van der Waals surface area contributed by atoms with Crippen molar-refractivity contribution in [3.63, 3.8) is 0 Å². The summed E-state index contributed by atoms with van der Waals surface area (Å²) in [7, 11) is 0. The van der Waals surface area contributed by atoms with Crippen LogP contribution < -0.4 is 11.1 Å². The van der Waals surface area contributed by atoms with Gasteiger partial charge in [0.2, 0.25) is 0 Å². The smallest absolute Gasteiger partial charge is 0.337 e. The van der Waals surface area contributed by atoms with Gasteiger partial charge in [-0.05, 0) is 25.5 Å². The molecule has 6 heteroatoms. The van der Waals surface area contributed by atoms with E-state index in [2.05, 4.69) is 22.1 Å². The van der Waals surface area contributed by atoms with E-state index in [4.69, 9.17) is 10.8 Å². The van der Waals surface area contributed by atoms with Crippen molar-refractivity contribution in [1.82, 2.24) is 9.88 Å². The summed E-state index contributed by atoms with van der Waals surface area (Å²) in [4.78, 5) is 17.4. The molecular weight excluding hydrogens is 244 g/mol.